The Hall–Kier alpha value is -0.790. The zero-order valence-electron chi connectivity index (χ0n) is 14.0. The molecule has 0 spiro atoms. The van der Waals surface area contributed by atoms with Crippen LogP contribution >= 0.6 is 0 Å². The second-order valence-electron chi connectivity index (χ2n) is 6.32. The third kappa shape index (κ3) is 6.11. The molecule has 2 nitrogen and oxygen atoms in total. The van der Waals surface area contributed by atoms with Crippen molar-refractivity contribution in [3.05, 3.63) is 12.2 Å². The lowest BCUT2D eigenvalue weighted by Crippen LogP contribution is -2.35. The predicted molar refractivity (Wildman–Crippen MR) is 90.5 cm³/mol. The minimum Gasteiger partial charge on any atom is -0.352 e. The van der Waals surface area contributed by atoms with Gasteiger partial charge in [-0.05, 0) is 32.3 Å². The fourth-order valence-corrected chi connectivity index (χ4v) is 2.86. The molecule has 1 aliphatic rings. The highest BCUT2D eigenvalue weighted by Gasteiger charge is 2.21. The number of hydrogen-bond donors (Lipinski definition) is 0. The second-order valence-corrected chi connectivity index (χ2v) is 6.32. The molecular formula is C18H34N2. The van der Waals surface area contributed by atoms with Crippen molar-refractivity contribution in [2.45, 2.75) is 84.6 Å². The Morgan fingerprint density at radius 2 is 1.70 bits per heavy atom. The van der Waals surface area contributed by atoms with Crippen molar-refractivity contribution in [3.63, 3.8) is 0 Å². The molecule has 0 aromatic rings. The van der Waals surface area contributed by atoms with E-state index in [9.17, 15) is 0 Å². The molecule has 0 aliphatic carbocycles. The predicted octanol–water partition coefficient (Wildman–Crippen LogP) is 5.20. The molecule has 0 radical (unpaired) electrons. The van der Waals surface area contributed by atoms with Gasteiger partial charge in [0.25, 0.3) is 0 Å². The van der Waals surface area contributed by atoms with Crippen molar-refractivity contribution in [1.29, 1.82) is 0 Å². The highest BCUT2D eigenvalue weighted by atomic mass is 15.3. The molecule has 1 aliphatic heterocycles. The number of hydrogen-bond acceptors (Lipinski definition) is 2. The monoisotopic (exact) mass is 278 g/mol. The van der Waals surface area contributed by atoms with E-state index in [4.69, 9.17) is 0 Å². The summed E-state index contributed by atoms with van der Waals surface area (Å²) in [5.41, 5.74) is 1.25. The molecular weight excluding hydrogens is 244 g/mol. The van der Waals surface area contributed by atoms with Crippen molar-refractivity contribution in [3.8, 4) is 0 Å². The van der Waals surface area contributed by atoms with Gasteiger partial charge in [-0.15, -0.1) is 0 Å². The van der Waals surface area contributed by atoms with Gasteiger partial charge in [-0.1, -0.05) is 58.4 Å². The standard InChI is InChI=1S/C18H34N2/c1-5-6-7-8-9-10-11-12-13-17(4)18-19-14-15-20(18)16(2)3/h16H,4-15H2,1-3H3. The van der Waals surface area contributed by atoms with Gasteiger partial charge in [-0.25, -0.2) is 0 Å². The summed E-state index contributed by atoms with van der Waals surface area (Å²) >= 11 is 0. The van der Waals surface area contributed by atoms with Crippen LogP contribution in [0.3, 0.4) is 0 Å². The third-order valence-electron chi connectivity index (χ3n) is 4.15. The zero-order chi connectivity index (χ0) is 14.8. The molecule has 0 saturated heterocycles. The number of aliphatic imine (C=N–C) groups is 1. The van der Waals surface area contributed by atoms with E-state index < -0.39 is 0 Å². The average molecular weight is 278 g/mol. The molecule has 116 valence electrons. The Labute approximate surface area is 126 Å². The SMILES string of the molecule is C=C(CCCCCCCCCC)C1=NCCN1C(C)C. The van der Waals surface area contributed by atoms with Gasteiger partial charge in [0.2, 0.25) is 0 Å². The van der Waals surface area contributed by atoms with Crippen molar-refractivity contribution < 1.29 is 0 Å². The topological polar surface area (TPSA) is 15.6 Å². The minimum atomic E-state index is 0.548. The minimum absolute atomic E-state index is 0.548. The van der Waals surface area contributed by atoms with Crippen LogP contribution < -0.4 is 0 Å². The Morgan fingerprint density at radius 3 is 2.30 bits per heavy atom. The molecule has 0 saturated carbocycles. The van der Waals surface area contributed by atoms with E-state index in [1.54, 1.807) is 0 Å². The Kier molecular flexibility index (Phi) is 8.64. The van der Waals surface area contributed by atoms with Crippen molar-refractivity contribution in [1.82, 2.24) is 4.90 Å². The molecule has 0 amide bonds. The van der Waals surface area contributed by atoms with Gasteiger partial charge in [0.05, 0.1) is 6.54 Å². The molecule has 1 heterocycles. The summed E-state index contributed by atoms with van der Waals surface area (Å²) in [6, 6.07) is 0.548. The molecule has 2 heteroatoms. The molecule has 0 aromatic heterocycles. The lowest BCUT2D eigenvalue weighted by Gasteiger charge is -2.25. The van der Waals surface area contributed by atoms with Crippen LogP contribution in [0.2, 0.25) is 0 Å². The van der Waals surface area contributed by atoms with Crippen molar-refractivity contribution in [2.24, 2.45) is 4.99 Å². The van der Waals surface area contributed by atoms with Gasteiger partial charge < -0.3 is 4.90 Å². The maximum atomic E-state index is 4.63. The summed E-state index contributed by atoms with van der Waals surface area (Å²) in [4.78, 5) is 7.03. The highest BCUT2D eigenvalue weighted by Crippen LogP contribution is 2.18. The third-order valence-corrected chi connectivity index (χ3v) is 4.15. The molecule has 0 aromatic carbocycles. The Balaban J connectivity index is 2.08. The van der Waals surface area contributed by atoms with Crippen LogP contribution in [-0.2, 0) is 0 Å². The van der Waals surface area contributed by atoms with E-state index in [0.29, 0.717) is 6.04 Å². The molecule has 0 unspecified atom stereocenters. The van der Waals surface area contributed by atoms with Crippen LogP contribution in [0, 0.1) is 0 Å². The lowest BCUT2D eigenvalue weighted by molar-refractivity contribution is 0.379. The van der Waals surface area contributed by atoms with Gasteiger partial charge >= 0.3 is 0 Å². The summed E-state index contributed by atoms with van der Waals surface area (Å²) in [6.45, 7) is 13.0. The van der Waals surface area contributed by atoms with Crippen LogP contribution in [0.4, 0.5) is 0 Å². The fraction of sp³-hybridized carbons (Fsp3) is 0.833. The Morgan fingerprint density at radius 1 is 1.10 bits per heavy atom. The smallest absolute Gasteiger partial charge is 0.126 e. The van der Waals surface area contributed by atoms with E-state index in [-0.39, 0.29) is 0 Å². The van der Waals surface area contributed by atoms with Gasteiger partial charge in [0, 0.05) is 12.6 Å². The first-order valence-corrected chi connectivity index (χ1v) is 8.66. The summed E-state index contributed by atoms with van der Waals surface area (Å²) in [5, 5.41) is 0. The molecule has 20 heavy (non-hydrogen) atoms. The zero-order valence-corrected chi connectivity index (χ0v) is 14.0. The largest absolute Gasteiger partial charge is 0.352 e. The quantitative estimate of drug-likeness (QED) is 0.474. The first-order valence-electron chi connectivity index (χ1n) is 8.66. The van der Waals surface area contributed by atoms with E-state index in [0.717, 1.165) is 19.5 Å². The van der Waals surface area contributed by atoms with E-state index in [1.165, 1.54) is 62.8 Å². The summed E-state index contributed by atoms with van der Waals surface area (Å²) in [5.74, 6) is 1.18. The molecule has 0 N–H and O–H groups in total. The first kappa shape index (κ1) is 17.3. The Bertz CT molecular complexity index is 305. The van der Waals surface area contributed by atoms with Crippen LogP contribution in [0.1, 0.15) is 78.6 Å². The van der Waals surface area contributed by atoms with Gasteiger partial charge in [-0.3, -0.25) is 4.99 Å². The maximum absolute atomic E-state index is 4.63. The van der Waals surface area contributed by atoms with Crippen LogP contribution in [0.15, 0.2) is 17.1 Å². The average Bonchev–Trinajstić information content (AvgIpc) is 2.91. The van der Waals surface area contributed by atoms with E-state index in [2.05, 4.69) is 37.2 Å². The molecule has 1 rings (SSSR count). The number of nitrogens with zero attached hydrogens (tertiary/aromatic N) is 2. The normalized spacial score (nSPS) is 15.0. The first-order chi connectivity index (χ1) is 9.66. The van der Waals surface area contributed by atoms with E-state index in [1.807, 2.05) is 0 Å². The number of rotatable bonds is 11. The molecule has 0 atom stereocenters. The van der Waals surface area contributed by atoms with Crippen LogP contribution in [-0.4, -0.2) is 29.9 Å². The second kappa shape index (κ2) is 10.0. The lowest BCUT2D eigenvalue weighted by atomic mass is 10.0. The summed E-state index contributed by atoms with van der Waals surface area (Å²) in [7, 11) is 0. The number of amidine groups is 1. The van der Waals surface area contributed by atoms with Gasteiger partial charge in [-0.2, -0.15) is 0 Å². The van der Waals surface area contributed by atoms with Gasteiger partial charge in [0.15, 0.2) is 0 Å². The van der Waals surface area contributed by atoms with Crippen LogP contribution in [0.25, 0.3) is 0 Å². The summed E-state index contributed by atoms with van der Waals surface area (Å²) in [6.07, 6.45) is 12.1. The van der Waals surface area contributed by atoms with Crippen molar-refractivity contribution >= 4 is 5.84 Å². The highest BCUT2D eigenvalue weighted by molar-refractivity contribution is 5.98. The molecule has 0 fully saturated rings. The van der Waals surface area contributed by atoms with Crippen LogP contribution in [0.5, 0.6) is 0 Å². The van der Waals surface area contributed by atoms with Gasteiger partial charge in [0.1, 0.15) is 5.84 Å². The van der Waals surface area contributed by atoms with Crippen molar-refractivity contribution in [2.75, 3.05) is 13.1 Å². The summed E-state index contributed by atoms with van der Waals surface area (Å²) < 4.78 is 0. The molecule has 0 bridgehead atoms. The van der Waals surface area contributed by atoms with E-state index >= 15 is 0 Å². The fourth-order valence-electron chi connectivity index (χ4n) is 2.86. The maximum Gasteiger partial charge on any atom is 0.126 e. The number of unbranched alkanes of at least 4 members (excludes halogenated alkanes) is 7.